The smallest absolute Gasteiger partial charge is 0.123 e. The van der Waals surface area contributed by atoms with Crippen LogP contribution < -0.4 is 5.73 Å². The molecule has 0 unspecified atom stereocenters. The van der Waals surface area contributed by atoms with Crippen LogP contribution in [-0.4, -0.2) is 31.7 Å². The zero-order valence-corrected chi connectivity index (χ0v) is 10.6. The molecule has 2 N–H and O–H groups in total. The Labute approximate surface area is 102 Å². The van der Waals surface area contributed by atoms with Crippen molar-refractivity contribution in [3.05, 3.63) is 35.1 Å². The van der Waals surface area contributed by atoms with Crippen LogP contribution in [-0.2, 0) is 17.8 Å². The number of nitrogens with zero attached hydrogens (tertiary/aromatic N) is 1. The van der Waals surface area contributed by atoms with Gasteiger partial charge in [0.25, 0.3) is 0 Å². The van der Waals surface area contributed by atoms with Gasteiger partial charge in [-0.1, -0.05) is 13.0 Å². The van der Waals surface area contributed by atoms with Crippen molar-refractivity contribution in [3.8, 4) is 0 Å². The van der Waals surface area contributed by atoms with E-state index in [4.69, 9.17) is 10.5 Å². The quantitative estimate of drug-likeness (QED) is 0.789. The number of hydrogen-bond donors (Lipinski definition) is 1. The van der Waals surface area contributed by atoms with Crippen LogP contribution in [0.1, 0.15) is 18.1 Å². The van der Waals surface area contributed by atoms with Gasteiger partial charge in [-0.05, 0) is 29.8 Å². The molecule has 0 aliphatic rings. The second-order valence-corrected chi connectivity index (χ2v) is 3.98. The van der Waals surface area contributed by atoms with Crippen molar-refractivity contribution in [2.75, 3.05) is 26.8 Å². The minimum Gasteiger partial charge on any atom is -0.383 e. The standard InChI is InChI=1S/C13H21FN2O/c1-3-16(6-7-17-2)10-12-8-13(14)5-4-11(12)9-15/h4-5,8H,3,6-7,9-10,15H2,1-2H3. The summed E-state index contributed by atoms with van der Waals surface area (Å²) in [7, 11) is 1.68. The SMILES string of the molecule is CCN(CCOC)Cc1cc(F)ccc1CN. The zero-order chi connectivity index (χ0) is 12.7. The summed E-state index contributed by atoms with van der Waals surface area (Å²) >= 11 is 0. The van der Waals surface area contributed by atoms with Crippen molar-refractivity contribution in [1.82, 2.24) is 4.90 Å². The molecule has 0 amide bonds. The summed E-state index contributed by atoms with van der Waals surface area (Å²) in [6.07, 6.45) is 0. The number of hydrogen-bond acceptors (Lipinski definition) is 3. The second kappa shape index (κ2) is 7.37. The zero-order valence-electron chi connectivity index (χ0n) is 10.6. The summed E-state index contributed by atoms with van der Waals surface area (Å²) in [6, 6.07) is 4.78. The maximum atomic E-state index is 13.2. The minimum absolute atomic E-state index is 0.208. The highest BCUT2D eigenvalue weighted by Crippen LogP contribution is 2.13. The molecule has 0 bridgehead atoms. The van der Waals surface area contributed by atoms with Crippen molar-refractivity contribution >= 4 is 0 Å². The Morgan fingerprint density at radius 1 is 1.35 bits per heavy atom. The van der Waals surface area contributed by atoms with E-state index in [1.54, 1.807) is 19.2 Å². The fourth-order valence-electron chi connectivity index (χ4n) is 1.75. The van der Waals surface area contributed by atoms with E-state index in [-0.39, 0.29) is 5.82 Å². The molecule has 0 saturated heterocycles. The summed E-state index contributed by atoms with van der Waals surface area (Å²) < 4.78 is 18.3. The van der Waals surface area contributed by atoms with Crippen LogP contribution in [0.15, 0.2) is 18.2 Å². The molecular weight excluding hydrogens is 219 g/mol. The van der Waals surface area contributed by atoms with Crippen molar-refractivity contribution in [1.29, 1.82) is 0 Å². The normalized spacial score (nSPS) is 11.1. The van der Waals surface area contributed by atoms with Crippen molar-refractivity contribution in [2.45, 2.75) is 20.0 Å². The summed E-state index contributed by atoms with van der Waals surface area (Å²) in [6.45, 7) is 5.66. The summed E-state index contributed by atoms with van der Waals surface area (Å²) in [5.41, 5.74) is 7.62. The lowest BCUT2D eigenvalue weighted by molar-refractivity contribution is 0.147. The van der Waals surface area contributed by atoms with Crippen LogP contribution in [0.4, 0.5) is 4.39 Å². The van der Waals surface area contributed by atoms with Gasteiger partial charge < -0.3 is 10.5 Å². The van der Waals surface area contributed by atoms with Gasteiger partial charge in [0.1, 0.15) is 5.82 Å². The number of halogens is 1. The Morgan fingerprint density at radius 3 is 2.71 bits per heavy atom. The average molecular weight is 240 g/mol. The summed E-state index contributed by atoms with van der Waals surface area (Å²) in [5.74, 6) is -0.208. The lowest BCUT2D eigenvalue weighted by Gasteiger charge is -2.21. The van der Waals surface area contributed by atoms with E-state index in [1.165, 1.54) is 6.07 Å². The lowest BCUT2D eigenvalue weighted by atomic mass is 10.1. The molecule has 0 aliphatic heterocycles. The van der Waals surface area contributed by atoms with Gasteiger partial charge in [0.05, 0.1) is 6.61 Å². The molecule has 0 heterocycles. The van der Waals surface area contributed by atoms with Gasteiger partial charge in [-0.15, -0.1) is 0 Å². The van der Waals surface area contributed by atoms with E-state index in [0.717, 1.165) is 24.2 Å². The van der Waals surface area contributed by atoms with E-state index in [1.807, 2.05) is 0 Å². The maximum absolute atomic E-state index is 13.2. The van der Waals surface area contributed by atoms with E-state index < -0.39 is 0 Å². The Hall–Kier alpha value is -0.970. The lowest BCUT2D eigenvalue weighted by Crippen LogP contribution is -2.27. The van der Waals surface area contributed by atoms with Gasteiger partial charge in [-0.3, -0.25) is 4.90 Å². The van der Waals surface area contributed by atoms with E-state index in [9.17, 15) is 4.39 Å². The molecule has 96 valence electrons. The van der Waals surface area contributed by atoms with Gasteiger partial charge in [-0.25, -0.2) is 4.39 Å². The molecule has 17 heavy (non-hydrogen) atoms. The Bertz CT molecular complexity index is 344. The first-order valence-electron chi connectivity index (χ1n) is 5.90. The molecule has 0 saturated carbocycles. The van der Waals surface area contributed by atoms with Crippen LogP contribution in [0.3, 0.4) is 0 Å². The molecule has 0 fully saturated rings. The fourth-order valence-corrected chi connectivity index (χ4v) is 1.75. The minimum atomic E-state index is -0.208. The van der Waals surface area contributed by atoms with E-state index in [0.29, 0.717) is 19.7 Å². The predicted octanol–water partition coefficient (Wildman–Crippen LogP) is 1.75. The number of nitrogens with two attached hydrogens (primary N) is 1. The van der Waals surface area contributed by atoms with E-state index in [2.05, 4.69) is 11.8 Å². The average Bonchev–Trinajstić information content (AvgIpc) is 2.34. The van der Waals surface area contributed by atoms with Gasteiger partial charge >= 0.3 is 0 Å². The second-order valence-electron chi connectivity index (χ2n) is 3.98. The molecule has 1 aromatic rings. The van der Waals surface area contributed by atoms with Gasteiger partial charge in [0, 0.05) is 26.7 Å². The first-order chi connectivity index (χ1) is 8.21. The highest BCUT2D eigenvalue weighted by molar-refractivity contribution is 5.27. The molecule has 0 radical (unpaired) electrons. The molecule has 0 atom stereocenters. The van der Waals surface area contributed by atoms with Crippen LogP contribution in [0, 0.1) is 5.82 Å². The first-order valence-corrected chi connectivity index (χ1v) is 5.90. The van der Waals surface area contributed by atoms with Crippen molar-refractivity contribution in [3.63, 3.8) is 0 Å². The van der Waals surface area contributed by atoms with Crippen molar-refractivity contribution < 1.29 is 9.13 Å². The molecule has 0 spiro atoms. The number of likely N-dealkylation sites (N-methyl/N-ethyl adjacent to an activating group) is 1. The van der Waals surface area contributed by atoms with Crippen molar-refractivity contribution in [2.24, 2.45) is 5.73 Å². The summed E-state index contributed by atoms with van der Waals surface area (Å²) in [5, 5.41) is 0. The topological polar surface area (TPSA) is 38.5 Å². The first kappa shape index (κ1) is 14.1. The van der Waals surface area contributed by atoms with Gasteiger partial charge in [-0.2, -0.15) is 0 Å². The largest absolute Gasteiger partial charge is 0.383 e. The maximum Gasteiger partial charge on any atom is 0.123 e. The number of benzene rings is 1. The Morgan fingerprint density at radius 2 is 2.12 bits per heavy atom. The Balaban J connectivity index is 2.73. The third kappa shape index (κ3) is 4.42. The molecule has 1 rings (SSSR count). The molecule has 0 aromatic heterocycles. The third-order valence-electron chi connectivity index (χ3n) is 2.84. The Kier molecular flexibility index (Phi) is 6.11. The molecule has 3 nitrogen and oxygen atoms in total. The van der Waals surface area contributed by atoms with Crippen LogP contribution >= 0.6 is 0 Å². The van der Waals surface area contributed by atoms with Crippen LogP contribution in [0.25, 0.3) is 0 Å². The number of ether oxygens (including phenoxy) is 1. The predicted molar refractivity (Wildman–Crippen MR) is 67.1 cm³/mol. The molecular formula is C13H21FN2O. The molecule has 4 heteroatoms. The van der Waals surface area contributed by atoms with Gasteiger partial charge in [0.15, 0.2) is 0 Å². The third-order valence-corrected chi connectivity index (χ3v) is 2.84. The number of methoxy groups -OCH3 is 1. The highest BCUT2D eigenvalue weighted by atomic mass is 19.1. The van der Waals surface area contributed by atoms with Crippen LogP contribution in [0.5, 0.6) is 0 Å². The number of rotatable bonds is 7. The molecule has 0 aliphatic carbocycles. The van der Waals surface area contributed by atoms with Gasteiger partial charge in [0.2, 0.25) is 0 Å². The summed E-state index contributed by atoms with van der Waals surface area (Å²) in [4.78, 5) is 2.21. The monoisotopic (exact) mass is 240 g/mol. The fraction of sp³-hybridized carbons (Fsp3) is 0.538. The van der Waals surface area contributed by atoms with E-state index >= 15 is 0 Å². The molecule has 1 aromatic carbocycles. The highest BCUT2D eigenvalue weighted by Gasteiger charge is 2.08. The van der Waals surface area contributed by atoms with Crippen LogP contribution in [0.2, 0.25) is 0 Å².